The summed E-state index contributed by atoms with van der Waals surface area (Å²) in [5.74, 6) is -0.0240. The van der Waals surface area contributed by atoms with Crippen molar-refractivity contribution in [1.29, 1.82) is 5.26 Å². The molecule has 1 aliphatic heterocycles. The van der Waals surface area contributed by atoms with Crippen LogP contribution in [0.1, 0.15) is 47.8 Å². The summed E-state index contributed by atoms with van der Waals surface area (Å²) < 4.78 is 11.1. The van der Waals surface area contributed by atoms with E-state index >= 15 is 0 Å². The van der Waals surface area contributed by atoms with Gasteiger partial charge >= 0.3 is 5.97 Å². The molecule has 0 N–H and O–H groups in total. The quantitative estimate of drug-likeness (QED) is 0.728. The van der Waals surface area contributed by atoms with Crippen molar-refractivity contribution in [3.05, 3.63) is 64.7 Å². The normalized spacial score (nSPS) is 13.4. The summed E-state index contributed by atoms with van der Waals surface area (Å²) >= 11 is 0. The maximum Gasteiger partial charge on any atom is 0.326 e. The van der Waals surface area contributed by atoms with E-state index < -0.39 is 11.6 Å². The molecule has 29 heavy (non-hydrogen) atoms. The van der Waals surface area contributed by atoms with Gasteiger partial charge in [0.1, 0.15) is 24.5 Å². The molecule has 1 amide bonds. The first-order chi connectivity index (χ1) is 13.7. The highest BCUT2D eigenvalue weighted by Gasteiger charge is 2.28. The molecular formula is C23H24N2O4. The molecule has 6 heteroatoms. The first kappa shape index (κ1) is 20.4. The van der Waals surface area contributed by atoms with Crippen LogP contribution in [0.25, 0.3) is 0 Å². The summed E-state index contributed by atoms with van der Waals surface area (Å²) in [5.41, 5.74) is 2.44. The summed E-state index contributed by atoms with van der Waals surface area (Å²) in [7, 11) is 0. The fraction of sp³-hybridized carbons (Fsp3) is 0.348. The van der Waals surface area contributed by atoms with Crippen LogP contribution in [0.4, 0.5) is 0 Å². The Kier molecular flexibility index (Phi) is 5.88. The minimum absolute atomic E-state index is 0.0636. The molecule has 0 aromatic heterocycles. The third-order valence-electron chi connectivity index (χ3n) is 4.48. The lowest BCUT2D eigenvalue weighted by atomic mass is 9.98. The highest BCUT2D eigenvalue weighted by molar-refractivity contribution is 5.98. The Balaban J connectivity index is 1.66. The van der Waals surface area contributed by atoms with Gasteiger partial charge in [-0.3, -0.25) is 9.59 Å². The smallest absolute Gasteiger partial charge is 0.326 e. The highest BCUT2D eigenvalue weighted by atomic mass is 16.6. The third-order valence-corrected chi connectivity index (χ3v) is 4.48. The minimum Gasteiger partial charge on any atom is -0.489 e. The molecule has 0 aliphatic carbocycles. The van der Waals surface area contributed by atoms with Crippen LogP contribution in [0.3, 0.4) is 0 Å². The van der Waals surface area contributed by atoms with E-state index in [1.165, 1.54) is 4.90 Å². The second-order valence-corrected chi connectivity index (χ2v) is 7.98. The predicted octanol–water partition coefficient (Wildman–Crippen LogP) is 3.48. The number of ether oxygens (including phenoxy) is 2. The van der Waals surface area contributed by atoms with Crippen LogP contribution >= 0.6 is 0 Å². The molecule has 3 rings (SSSR count). The molecule has 2 aromatic carbocycles. The lowest BCUT2D eigenvalue weighted by molar-refractivity contribution is -0.155. The molecule has 0 spiro atoms. The fourth-order valence-corrected chi connectivity index (χ4v) is 3.11. The molecule has 0 bridgehead atoms. The SMILES string of the molecule is CC(C)(C)OC(=O)CN1CCc2ccc(OCc3ccc(C#N)cc3)cc2C1=O. The molecule has 1 heterocycles. The van der Waals surface area contributed by atoms with Crippen LogP contribution in [-0.4, -0.2) is 35.5 Å². The largest absolute Gasteiger partial charge is 0.489 e. The summed E-state index contributed by atoms with van der Waals surface area (Å²) in [6, 6.07) is 14.7. The molecule has 1 aliphatic rings. The van der Waals surface area contributed by atoms with Gasteiger partial charge in [0.15, 0.2) is 0 Å². The van der Waals surface area contributed by atoms with E-state index in [1.54, 1.807) is 39.0 Å². The van der Waals surface area contributed by atoms with Crippen LogP contribution in [0.5, 0.6) is 5.75 Å². The molecule has 0 atom stereocenters. The first-order valence-electron chi connectivity index (χ1n) is 9.51. The van der Waals surface area contributed by atoms with E-state index in [9.17, 15) is 9.59 Å². The maximum absolute atomic E-state index is 12.8. The number of hydrogen-bond acceptors (Lipinski definition) is 5. The zero-order valence-corrected chi connectivity index (χ0v) is 16.9. The van der Waals surface area contributed by atoms with Gasteiger partial charge in [-0.15, -0.1) is 0 Å². The van der Waals surface area contributed by atoms with Crippen molar-refractivity contribution in [3.8, 4) is 11.8 Å². The van der Waals surface area contributed by atoms with Crippen LogP contribution in [0.15, 0.2) is 42.5 Å². The Labute approximate surface area is 170 Å². The minimum atomic E-state index is -0.583. The molecule has 0 fully saturated rings. The second kappa shape index (κ2) is 8.36. The van der Waals surface area contributed by atoms with E-state index in [1.807, 2.05) is 24.3 Å². The van der Waals surface area contributed by atoms with Crippen molar-refractivity contribution < 1.29 is 19.1 Å². The predicted molar refractivity (Wildman–Crippen MR) is 107 cm³/mol. The van der Waals surface area contributed by atoms with E-state index in [4.69, 9.17) is 14.7 Å². The highest BCUT2D eigenvalue weighted by Crippen LogP contribution is 2.25. The number of carbonyl (C=O) groups is 2. The Bertz CT molecular complexity index is 952. The Morgan fingerprint density at radius 2 is 1.90 bits per heavy atom. The molecule has 0 saturated heterocycles. The van der Waals surface area contributed by atoms with Gasteiger partial charge in [-0.25, -0.2) is 0 Å². The maximum atomic E-state index is 12.8. The Hall–Kier alpha value is -3.33. The summed E-state index contributed by atoms with van der Waals surface area (Å²) in [6.45, 7) is 6.16. The summed E-state index contributed by atoms with van der Waals surface area (Å²) in [5, 5.41) is 8.86. The summed E-state index contributed by atoms with van der Waals surface area (Å²) in [6.07, 6.45) is 0.680. The second-order valence-electron chi connectivity index (χ2n) is 7.98. The third kappa shape index (κ3) is 5.35. The lowest BCUT2D eigenvalue weighted by Gasteiger charge is -2.29. The molecule has 0 saturated carbocycles. The van der Waals surface area contributed by atoms with Gasteiger partial charge < -0.3 is 14.4 Å². The number of esters is 1. The number of amides is 1. The van der Waals surface area contributed by atoms with Gasteiger partial charge in [0.05, 0.1) is 11.6 Å². The first-order valence-corrected chi connectivity index (χ1v) is 9.51. The number of benzene rings is 2. The monoisotopic (exact) mass is 392 g/mol. The number of rotatable bonds is 5. The molecule has 0 radical (unpaired) electrons. The van der Waals surface area contributed by atoms with Gasteiger partial charge in [0, 0.05) is 12.1 Å². The van der Waals surface area contributed by atoms with Crippen LogP contribution in [-0.2, 0) is 22.6 Å². The average Bonchev–Trinajstić information content (AvgIpc) is 2.67. The van der Waals surface area contributed by atoms with E-state index in [2.05, 4.69) is 6.07 Å². The van der Waals surface area contributed by atoms with Gasteiger partial charge in [-0.05, 0) is 62.6 Å². The lowest BCUT2D eigenvalue weighted by Crippen LogP contribution is -2.42. The molecule has 6 nitrogen and oxygen atoms in total. The zero-order valence-electron chi connectivity index (χ0n) is 16.9. The fourth-order valence-electron chi connectivity index (χ4n) is 3.11. The average molecular weight is 392 g/mol. The summed E-state index contributed by atoms with van der Waals surface area (Å²) in [4.78, 5) is 26.5. The number of fused-ring (bicyclic) bond motifs is 1. The molecule has 150 valence electrons. The van der Waals surface area contributed by atoms with Gasteiger partial charge in [0.2, 0.25) is 0 Å². The number of nitrogens with zero attached hydrogens (tertiary/aromatic N) is 2. The van der Waals surface area contributed by atoms with Crippen molar-refractivity contribution in [2.75, 3.05) is 13.1 Å². The van der Waals surface area contributed by atoms with Crippen molar-refractivity contribution in [3.63, 3.8) is 0 Å². The standard InChI is InChI=1S/C23H24N2O4/c1-23(2,3)29-21(26)14-25-11-10-18-8-9-19(12-20(18)22(25)27)28-15-17-6-4-16(13-24)5-7-17/h4-9,12H,10-11,14-15H2,1-3H3. The Morgan fingerprint density at radius 1 is 1.17 bits per heavy atom. The molecule has 0 unspecified atom stereocenters. The number of carbonyl (C=O) groups excluding carboxylic acids is 2. The van der Waals surface area contributed by atoms with E-state index in [0.29, 0.717) is 36.4 Å². The van der Waals surface area contributed by atoms with Gasteiger partial charge in [0.25, 0.3) is 5.91 Å². The molecule has 2 aromatic rings. The van der Waals surface area contributed by atoms with E-state index in [-0.39, 0.29) is 12.5 Å². The van der Waals surface area contributed by atoms with E-state index in [0.717, 1.165) is 11.1 Å². The van der Waals surface area contributed by atoms with Crippen molar-refractivity contribution in [1.82, 2.24) is 4.90 Å². The van der Waals surface area contributed by atoms with Crippen LogP contribution in [0, 0.1) is 11.3 Å². The van der Waals surface area contributed by atoms with Gasteiger partial charge in [-0.2, -0.15) is 5.26 Å². The topological polar surface area (TPSA) is 79.6 Å². The zero-order chi connectivity index (χ0) is 21.0. The van der Waals surface area contributed by atoms with Crippen LogP contribution < -0.4 is 4.74 Å². The number of nitriles is 1. The number of hydrogen-bond donors (Lipinski definition) is 0. The Morgan fingerprint density at radius 3 is 2.55 bits per heavy atom. The molecular weight excluding hydrogens is 368 g/mol. The van der Waals surface area contributed by atoms with Crippen molar-refractivity contribution in [2.45, 2.75) is 39.4 Å². The van der Waals surface area contributed by atoms with Gasteiger partial charge in [-0.1, -0.05) is 18.2 Å². The van der Waals surface area contributed by atoms with Crippen molar-refractivity contribution >= 4 is 11.9 Å². The van der Waals surface area contributed by atoms with Crippen LogP contribution in [0.2, 0.25) is 0 Å². The van der Waals surface area contributed by atoms with Crippen molar-refractivity contribution in [2.24, 2.45) is 0 Å².